The second-order valence-electron chi connectivity index (χ2n) is 9.07. The van der Waals surface area contributed by atoms with Crippen molar-refractivity contribution >= 4 is 6.09 Å². The van der Waals surface area contributed by atoms with Crippen molar-refractivity contribution in [3.63, 3.8) is 0 Å². The quantitative estimate of drug-likeness (QED) is 0.836. The molecule has 5 heteroatoms. The molecule has 1 amide bonds. The number of carbonyl (C=O) groups excluding carboxylic acids is 1. The number of ether oxygens (including phenoxy) is 2. The van der Waals surface area contributed by atoms with Crippen LogP contribution in [0.25, 0.3) is 0 Å². The average molecular weight is 337 g/mol. The lowest BCUT2D eigenvalue weighted by molar-refractivity contribution is -0.174. The first-order valence-electron chi connectivity index (χ1n) is 9.64. The lowest BCUT2D eigenvalue weighted by atomic mass is 9.54. The van der Waals surface area contributed by atoms with Gasteiger partial charge in [-0.3, -0.25) is 4.90 Å². The van der Waals surface area contributed by atoms with Gasteiger partial charge in [-0.2, -0.15) is 0 Å². The molecule has 5 aliphatic rings. The molecule has 1 aliphatic heterocycles. The van der Waals surface area contributed by atoms with Crippen molar-refractivity contribution in [3.05, 3.63) is 0 Å². The molecule has 4 saturated carbocycles. The van der Waals surface area contributed by atoms with E-state index in [0.29, 0.717) is 19.6 Å². The molecule has 2 atom stereocenters. The Labute approximate surface area is 144 Å². The van der Waals surface area contributed by atoms with Crippen molar-refractivity contribution in [2.75, 3.05) is 13.2 Å². The van der Waals surface area contributed by atoms with Crippen LogP contribution in [-0.4, -0.2) is 46.2 Å². The number of nitrogens with zero attached hydrogens (tertiary/aromatic N) is 1. The van der Waals surface area contributed by atoms with E-state index in [9.17, 15) is 9.90 Å². The zero-order valence-corrected chi connectivity index (χ0v) is 15.2. The number of hydrogen-bond donors (Lipinski definition) is 1. The molecule has 0 radical (unpaired) electrons. The summed E-state index contributed by atoms with van der Waals surface area (Å²) in [6.45, 7) is 6.27. The largest absolute Gasteiger partial charge is 0.438 e. The average Bonchev–Trinajstić information content (AvgIpc) is 2.65. The molecule has 5 fully saturated rings. The molecular formula is C19H31NO4. The standard InChI is InChI=1S/C19H31NO4/c1-4-17(2)18(3,22)20(16(21)24-17)5-6-23-19-10-13-7-14(11-19)9-15(8-13)12-19/h13-15,22H,4-12H2,1-3H3. The van der Waals surface area contributed by atoms with E-state index in [4.69, 9.17) is 9.47 Å². The van der Waals surface area contributed by atoms with Crippen LogP contribution in [0.4, 0.5) is 4.79 Å². The number of cyclic esters (lactones) is 1. The van der Waals surface area contributed by atoms with Gasteiger partial charge in [0.2, 0.25) is 0 Å². The summed E-state index contributed by atoms with van der Waals surface area (Å²) >= 11 is 0. The molecule has 1 N–H and O–H groups in total. The predicted molar refractivity (Wildman–Crippen MR) is 89.4 cm³/mol. The van der Waals surface area contributed by atoms with Crippen LogP contribution < -0.4 is 0 Å². The number of amides is 1. The monoisotopic (exact) mass is 337 g/mol. The van der Waals surface area contributed by atoms with Crippen molar-refractivity contribution in [1.82, 2.24) is 4.90 Å². The minimum atomic E-state index is -1.29. The Hall–Kier alpha value is -0.810. The smallest absolute Gasteiger partial charge is 0.412 e. The van der Waals surface area contributed by atoms with Crippen LogP contribution in [0.15, 0.2) is 0 Å². The van der Waals surface area contributed by atoms with E-state index in [0.717, 1.165) is 17.8 Å². The summed E-state index contributed by atoms with van der Waals surface area (Å²) < 4.78 is 11.8. The Morgan fingerprint density at radius 1 is 1.17 bits per heavy atom. The van der Waals surface area contributed by atoms with Crippen LogP contribution in [-0.2, 0) is 9.47 Å². The normalized spacial score (nSPS) is 49.8. The van der Waals surface area contributed by atoms with Gasteiger partial charge in [0, 0.05) is 0 Å². The topological polar surface area (TPSA) is 59.0 Å². The van der Waals surface area contributed by atoms with E-state index in [1.165, 1.54) is 43.4 Å². The van der Waals surface area contributed by atoms with E-state index >= 15 is 0 Å². The van der Waals surface area contributed by atoms with E-state index in [1.807, 2.05) is 6.92 Å². The molecule has 0 aromatic heterocycles. The van der Waals surface area contributed by atoms with E-state index < -0.39 is 17.4 Å². The van der Waals surface area contributed by atoms with Crippen LogP contribution in [0.2, 0.25) is 0 Å². The van der Waals surface area contributed by atoms with E-state index in [1.54, 1.807) is 13.8 Å². The van der Waals surface area contributed by atoms with Gasteiger partial charge in [0.15, 0.2) is 11.3 Å². The Morgan fingerprint density at radius 2 is 1.71 bits per heavy atom. The fraction of sp³-hybridized carbons (Fsp3) is 0.947. The van der Waals surface area contributed by atoms with Gasteiger partial charge in [-0.05, 0) is 76.5 Å². The molecular weight excluding hydrogens is 306 g/mol. The lowest BCUT2D eigenvalue weighted by Crippen LogP contribution is -2.56. The summed E-state index contributed by atoms with van der Waals surface area (Å²) in [5, 5.41) is 10.8. The highest BCUT2D eigenvalue weighted by molar-refractivity contribution is 5.72. The SMILES string of the molecule is CCC1(C)OC(=O)N(CCOC23CC4CC(CC(C4)C2)C3)C1(C)O. The summed E-state index contributed by atoms with van der Waals surface area (Å²) in [7, 11) is 0. The molecule has 1 saturated heterocycles. The molecule has 2 unspecified atom stereocenters. The number of aliphatic hydroxyl groups is 1. The van der Waals surface area contributed by atoms with Gasteiger partial charge in [-0.15, -0.1) is 0 Å². The first-order valence-corrected chi connectivity index (χ1v) is 9.64. The van der Waals surface area contributed by atoms with Gasteiger partial charge in [0.05, 0.1) is 18.8 Å². The van der Waals surface area contributed by atoms with Crippen molar-refractivity contribution in [1.29, 1.82) is 0 Å². The van der Waals surface area contributed by atoms with Gasteiger partial charge in [-0.25, -0.2) is 4.79 Å². The fourth-order valence-corrected chi connectivity index (χ4v) is 6.09. The first-order chi connectivity index (χ1) is 11.3. The highest BCUT2D eigenvalue weighted by Gasteiger charge is 2.58. The Morgan fingerprint density at radius 3 is 2.17 bits per heavy atom. The van der Waals surface area contributed by atoms with Gasteiger partial charge in [-0.1, -0.05) is 6.92 Å². The maximum absolute atomic E-state index is 12.2. The molecule has 4 aliphatic carbocycles. The van der Waals surface area contributed by atoms with E-state index in [2.05, 4.69) is 0 Å². The van der Waals surface area contributed by atoms with Crippen LogP contribution >= 0.6 is 0 Å². The second kappa shape index (κ2) is 5.34. The molecule has 0 aromatic carbocycles. The zero-order valence-electron chi connectivity index (χ0n) is 15.2. The highest BCUT2D eigenvalue weighted by Crippen LogP contribution is 2.57. The highest BCUT2D eigenvalue weighted by atomic mass is 16.6. The number of hydrogen-bond acceptors (Lipinski definition) is 4. The summed E-state index contributed by atoms with van der Waals surface area (Å²) in [5.74, 6) is 2.54. The molecule has 1 heterocycles. The van der Waals surface area contributed by atoms with Crippen LogP contribution in [0.1, 0.15) is 65.7 Å². The summed E-state index contributed by atoms with van der Waals surface area (Å²) in [6, 6.07) is 0. The Balaban J connectivity index is 1.39. The number of rotatable bonds is 5. The first kappa shape index (κ1) is 16.6. The predicted octanol–water partition coefficient (Wildman–Crippen LogP) is 3.30. The molecule has 4 bridgehead atoms. The molecule has 136 valence electrons. The summed E-state index contributed by atoms with van der Waals surface area (Å²) in [5.41, 5.74) is -2.10. The van der Waals surface area contributed by atoms with Gasteiger partial charge in [0.1, 0.15) is 0 Å². The Bertz CT molecular complexity index is 496. The summed E-state index contributed by atoms with van der Waals surface area (Å²) in [6.07, 6.45) is 7.89. The van der Waals surface area contributed by atoms with Gasteiger partial charge < -0.3 is 14.6 Å². The molecule has 5 nitrogen and oxygen atoms in total. The van der Waals surface area contributed by atoms with Gasteiger partial charge in [0.25, 0.3) is 0 Å². The maximum Gasteiger partial charge on any atom is 0.412 e. The van der Waals surface area contributed by atoms with E-state index in [-0.39, 0.29) is 5.60 Å². The van der Waals surface area contributed by atoms with Crippen molar-refractivity contribution in [2.24, 2.45) is 17.8 Å². The zero-order chi connectivity index (χ0) is 17.2. The minimum absolute atomic E-state index is 0.0400. The van der Waals surface area contributed by atoms with Gasteiger partial charge >= 0.3 is 6.09 Å². The molecule has 5 rings (SSSR count). The van der Waals surface area contributed by atoms with Crippen molar-refractivity contribution in [3.8, 4) is 0 Å². The molecule has 0 spiro atoms. The van der Waals surface area contributed by atoms with Crippen molar-refractivity contribution < 1.29 is 19.4 Å². The third-order valence-electron chi connectivity index (χ3n) is 7.44. The maximum atomic E-state index is 12.2. The fourth-order valence-electron chi connectivity index (χ4n) is 6.09. The third kappa shape index (κ3) is 2.38. The van der Waals surface area contributed by atoms with Crippen LogP contribution in [0.5, 0.6) is 0 Å². The molecule has 24 heavy (non-hydrogen) atoms. The molecule has 0 aromatic rings. The Kier molecular flexibility index (Phi) is 3.70. The lowest BCUT2D eigenvalue weighted by Gasteiger charge is -2.56. The van der Waals surface area contributed by atoms with Crippen LogP contribution in [0, 0.1) is 17.8 Å². The second-order valence-corrected chi connectivity index (χ2v) is 9.07. The van der Waals surface area contributed by atoms with Crippen LogP contribution in [0.3, 0.4) is 0 Å². The van der Waals surface area contributed by atoms with Crippen molar-refractivity contribution in [2.45, 2.75) is 82.6 Å². The number of carbonyl (C=O) groups is 1. The third-order valence-corrected chi connectivity index (χ3v) is 7.44. The minimum Gasteiger partial charge on any atom is -0.438 e. The summed E-state index contributed by atoms with van der Waals surface area (Å²) in [4.78, 5) is 13.6.